The number of hydrogen-bond donors (Lipinski definition) is 0. The Bertz CT molecular complexity index is 3670. The summed E-state index contributed by atoms with van der Waals surface area (Å²) in [7, 11) is 0. The fraction of sp³-hybridized carbons (Fsp3) is 0.0164. The van der Waals surface area contributed by atoms with Crippen LogP contribution in [0.2, 0.25) is 0 Å². The van der Waals surface area contributed by atoms with Crippen molar-refractivity contribution in [1.82, 2.24) is 0 Å². The van der Waals surface area contributed by atoms with Crippen molar-refractivity contribution in [2.75, 3.05) is 4.90 Å². The topological polar surface area (TPSA) is 34.8 Å². The van der Waals surface area contributed by atoms with Gasteiger partial charge in [-0.1, -0.05) is 164 Å². The molecule has 0 radical (unpaired) electrons. The van der Waals surface area contributed by atoms with E-state index in [1.54, 1.807) is 0 Å². The Morgan fingerprint density at radius 3 is 1.62 bits per heavy atom. The minimum Gasteiger partial charge on any atom is -0.456 e. The molecular weight excluding hydrogens is 795 g/mol. The molecule has 0 bridgehead atoms. The molecule has 1 spiro atoms. The van der Waals surface area contributed by atoms with E-state index >= 15 is 0 Å². The van der Waals surface area contributed by atoms with E-state index in [9.17, 15) is 0 Å². The van der Waals surface area contributed by atoms with Crippen molar-refractivity contribution in [3.05, 3.63) is 247 Å². The van der Waals surface area contributed by atoms with Crippen LogP contribution in [0.15, 0.2) is 229 Å². The summed E-state index contributed by atoms with van der Waals surface area (Å²) in [4.78, 5) is 2.29. The Labute approximate surface area is 375 Å². The molecule has 11 aromatic rings. The van der Waals surface area contributed by atoms with Crippen LogP contribution in [0.1, 0.15) is 22.3 Å². The van der Waals surface area contributed by atoms with Gasteiger partial charge in [0.15, 0.2) is 23.0 Å². The summed E-state index contributed by atoms with van der Waals surface area (Å²) >= 11 is 0. The van der Waals surface area contributed by atoms with Gasteiger partial charge >= 0.3 is 0 Å². The molecule has 0 unspecified atom stereocenters. The molecule has 14 rings (SSSR count). The normalized spacial score (nSPS) is 13.3. The summed E-state index contributed by atoms with van der Waals surface area (Å²) in [6.45, 7) is 0. The summed E-state index contributed by atoms with van der Waals surface area (Å²) in [6.07, 6.45) is 0. The van der Waals surface area contributed by atoms with Crippen LogP contribution in [0.25, 0.3) is 66.4 Å². The van der Waals surface area contributed by atoms with Gasteiger partial charge in [0.05, 0.1) is 5.41 Å². The molecule has 2 aliphatic carbocycles. The fourth-order valence-electron chi connectivity index (χ4n) is 11.0. The van der Waals surface area contributed by atoms with Crippen molar-refractivity contribution in [2.24, 2.45) is 0 Å². The van der Waals surface area contributed by atoms with Crippen LogP contribution in [0.3, 0.4) is 0 Å². The standard InChI is InChI=1S/C61H37NO3/c1-2-13-38(14-3-1)39-25-29-41(30-26-39)62(43-33-34-48-47-17-7-11-23-54(47)63-57(48)37-43)42-31-27-40(28-32-42)44-19-12-24-55-59(44)65-60-56(64-55)36-35-53-58(60)49-18-6-10-22-52(49)61(53)50-20-8-4-15-45(50)46-16-5-9-21-51(46)61/h1-37H. The van der Waals surface area contributed by atoms with E-state index in [0.29, 0.717) is 17.2 Å². The number of furan rings is 1. The smallest absolute Gasteiger partial charge is 0.178 e. The molecular formula is C61H37NO3. The Morgan fingerprint density at radius 2 is 0.877 bits per heavy atom. The van der Waals surface area contributed by atoms with E-state index in [0.717, 1.165) is 72.6 Å². The summed E-state index contributed by atoms with van der Waals surface area (Å²) < 4.78 is 20.4. The summed E-state index contributed by atoms with van der Waals surface area (Å²) in [5, 5.41) is 2.21. The third-order valence-corrected chi connectivity index (χ3v) is 13.8. The molecule has 0 amide bonds. The van der Waals surface area contributed by atoms with Gasteiger partial charge in [-0.05, 0) is 110 Å². The molecule has 1 aromatic heterocycles. The van der Waals surface area contributed by atoms with Gasteiger partial charge in [0.25, 0.3) is 0 Å². The lowest BCUT2D eigenvalue weighted by Gasteiger charge is -2.31. The monoisotopic (exact) mass is 831 g/mol. The summed E-state index contributed by atoms with van der Waals surface area (Å²) in [5.74, 6) is 2.85. The highest BCUT2D eigenvalue weighted by Crippen LogP contribution is 2.66. The SMILES string of the molecule is c1ccc(-c2ccc(N(c3ccc(-c4cccc5c4Oc4c(ccc6c4-c4ccccc4C64c6ccccc6-c6ccccc64)O5)cc3)c3ccc4c(c3)oc3ccccc34)cc2)cc1. The lowest BCUT2D eigenvalue weighted by Crippen LogP contribution is -2.25. The van der Waals surface area contributed by atoms with E-state index in [4.69, 9.17) is 13.9 Å². The third-order valence-electron chi connectivity index (χ3n) is 13.8. The molecule has 2 heterocycles. The third kappa shape index (κ3) is 5.13. The van der Waals surface area contributed by atoms with E-state index < -0.39 is 5.41 Å². The van der Waals surface area contributed by atoms with Crippen molar-refractivity contribution in [3.8, 4) is 67.5 Å². The molecule has 0 saturated heterocycles. The molecule has 4 heteroatoms. The first-order valence-corrected chi connectivity index (χ1v) is 22.2. The lowest BCUT2D eigenvalue weighted by atomic mass is 9.70. The Kier molecular flexibility index (Phi) is 7.57. The first kappa shape index (κ1) is 35.9. The lowest BCUT2D eigenvalue weighted by molar-refractivity contribution is 0.361. The predicted octanol–water partition coefficient (Wildman–Crippen LogP) is 16.6. The maximum atomic E-state index is 7.23. The Balaban J connectivity index is 0.874. The van der Waals surface area contributed by atoms with Crippen LogP contribution in [0.4, 0.5) is 17.1 Å². The van der Waals surface area contributed by atoms with Crippen molar-refractivity contribution in [3.63, 3.8) is 0 Å². The van der Waals surface area contributed by atoms with Gasteiger partial charge in [0, 0.05) is 45.0 Å². The zero-order chi connectivity index (χ0) is 42.6. The quantitative estimate of drug-likeness (QED) is 0.173. The number of para-hydroxylation sites is 2. The first-order chi connectivity index (χ1) is 32.2. The van der Waals surface area contributed by atoms with Crippen LogP contribution in [-0.2, 0) is 5.41 Å². The number of fused-ring (bicyclic) bond motifs is 16. The maximum absolute atomic E-state index is 7.23. The first-order valence-electron chi connectivity index (χ1n) is 22.2. The highest BCUT2D eigenvalue weighted by Gasteiger charge is 2.53. The maximum Gasteiger partial charge on any atom is 0.178 e. The molecule has 1 aliphatic heterocycles. The number of hydrogen-bond acceptors (Lipinski definition) is 4. The molecule has 65 heavy (non-hydrogen) atoms. The Hall–Kier alpha value is -8.60. The van der Waals surface area contributed by atoms with Crippen LogP contribution >= 0.6 is 0 Å². The second-order valence-electron chi connectivity index (χ2n) is 17.1. The van der Waals surface area contributed by atoms with Crippen LogP contribution in [0, 0.1) is 0 Å². The molecule has 304 valence electrons. The summed E-state index contributed by atoms with van der Waals surface area (Å²) in [6, 6.07) is 79.8. The van der Waals surface area contributed by atoms with E-state index in [2.05, 4.69) is 205 Å². The van der Waals surface area contributed by atoms with Crippen molar-refractivity contribution in [2.45, 2.75) is 5.41 Å². The van der Waals surface area contributed by atoms with E-state index in [-0.39, 0.29) is 0 Å². The van der Waals surface area contributed by atoms with E-state index in [1.807, 2.05) is 24.3 Å². The van der Waals surface area contributed by atoms with Crippen LogP contribution in [0.5, 0.6) is 23.0 Å². The zero-order valence-electron chi connectivity index (χ0n) is 35.0. The highest BCUT2D eigenvalue weighted by atomic mass is 16.6. The average Bonchev–Trinajstić information content (AvgIpc) is 4.00. The summed E-state index contributed by atoms with van der Waals surface area (Å²) in [5.41, 5.74) is 18.5. The van der Waals surface area contributed by atoms with Gasteiger partial charge in [0.1, 0.15) is 11.2 Å². The molecule has 10 aromatic carbocycles. The minimum atomic E-state index is -0.476. The average molecular weight is 832 g/mol. The highest BCUT2D eigenvalue weighted by molar-refractivity contribution is 6.06. The Morgan fingerprint density at radius 1 is 0.323 bits per heavy atom. The zero-order valence-corrected chi connectivity index (χ0v) is 35.0. The van der Waals surface area contributed by atoms with Crippen molar-refractivity contribution in [1.29, 1.82) is 0 Å². The van der Waals surface area contributed by atoms with E-state index in [1.165, 1.54) is 38.9 Å². The molecule has 4 nitrogen and oxygen atoms in total. The van der Waals surface area contributed by atoms with Gasteiger partial charge in [-0.3, -0.25) is 0 Å². The number of nitrogens with zero attached hydrogens (tertiary/aromatic N) is 1. The molecule has 0 atom stereocenters. The number of ether oxygens (including phenoxy) is 2. The van der Waals surface area contributed by atoms with Crippen LogP contribution in [-0.4, -0.2) is 0 Å². The molecule has 3 aliphatic rings. The van der Waals surface area contributed by atoms with Crippen molar-refractivity contribution < 1.29 is 13.9 Å². The van der Waals surface area contributed by atoms with Gasteiger partial charge in [-0.25, -0.2) is 0 Å². The number of benzene rings is 10. The number of anilines is 3. The van der Waals surface area contributed by atoms with Crippen molar-refractivity contribution >= 4 is 39.0 Å². The fourth-order valence-corrected chi connectivity index (χ4v) is 11.0. The largest absolute Gasteiger partial charge is 0.456 e. The molecule has 0 N–H and O–H groups in total. The van der Waals surface area contributed by atoms with Gasteiger partial charge in [-0.2, -0.15) is 0 Å². The molecule has 0 fully saturated rings. The van der Waals surface area contributed by atoms with Gasteiger partial charge in [0.2, 0.25) is 0 Å². The van der Waals surface area contributed by atoms with Crippen LogP contribution < -0.4 is 14.4 Å². The minimum absolute atomic E-state index is 0.476. The predicted molar refractivity (Wildman–Crippen MR) is 262 cm³/mol. The second-order valence-corrected chi connectivity index (χ2v) is 17.1. The second kappa shape index (κ2) is 13.7. The number of rotatable bonds is 5. The van der Waals surface area contributed by atoms with Gasteiger partial charge < -0.3 is 18.8 Å². The molecule has 0 saturated carbocycles. The van der Waals surface area contributed by atoms with Gasteiger partial charge in [-0.15, -0.1) is 0 Å².